The van der Waals surface area contributed by atoms with Crippen LogP contribution in [-0.2, 0) is 0 Å². The van der Waals surface area contributed by atoms with Crippen molar-refractivity contribution in [3.63, 3.8) is 0 Å². The molecule has 0 radical (unpaired) electrons. The zero-order valence-corrected chi connectivity index (χ0v) is 17.7. The van der Waals surface area contributed by atoms with Gasteiger partial charge in [0.25, 0.3) is 11.4 Å². The average Bonchev–Trinajstić information content (AvgIpc) is 2.89. The maximum Gasteiger partial charge on any atom is 0.270 e. The summed E-state index contributed by atoms with van der Waals surface area (Å²) in [4.78, 5) is 44.2. The van der Waals surface area contributed by atoms with Crippen LogP contribution in [0, 0.1) is 20.2 Å². The molecule has 0 fully saturated rings. The van der Waals surface area contributed by atoms with Gasteiger partial charge in [-0.05, 0) is 0 Å². The van der Waals surface area contributed by atoms with Gasteiger partial charge in [-0.25, -0.2) is 0 Å². The number of non-ortho nitro benzene ring substituents is 2. The molecule has 4 rings (SSSR count). The average molecular weight is 470 g/mol. The number of nitro groups is 2. The van der Waals surface area contributed by atoms with E-state index in [9.17, 15) is 29.8 Å². The van der Waals surface area contributed by atoms with Crippen LogP contribution in [0.25, 0.3) is 0 Å². The molecule has 0 spiro atoms. The number of ketones is 2. The van der Waals surface area contributed by atoms with Crippen molar-refractivity contribution in [3.8, 4) is 0 Å². The Balaban J connectivity index is 0.000000240. The van der Waals surface area contributed by atoms with Crippen LogP contribution in [0.4, 0.5) is 11.4 Å². The van der Waals surface area contributed by atoms with E-state index >= 15 is 0 Å². The fraction of sp³-hybridized carbons (Fsp3) is 0.0370. The second-order valence-electron chi connectivity index (χ2n) is 7.01. The molecule has 0 unspecified atom stereocenters. The molecule has 8 nitrogen and oxygen atoms in total. The van der Waals surface area contributed by atoms with Crippen LogP contribution in [0.15, 0.2) is 109 Å². The van der Waals surface area contributed by atoms with Gasteiger partial charge in [0.2, 0.25) is 0 Å². The first-order chi connectivity index (χ1) is 16.4. The first kappa shape index (κ1) is 26.3. The van der Waals surface area contributed by atoms with Gasteiger partial charge in [0, 0.05) is 46.5 Å². The molecule has 0 aliphatic carbocycles. The van der Waals surface area contributed by atoms with Gasteiger partial charge in [0.1, 0.15) is 0 Å². The minimum Gasteiger partial charge on any atom is -0.289 e. The monoisotopic (exact) mass is 470 g/mol. The van der Waals surface area contributed by atoms with Crippen molar-refractivity contribution in [1.82, 2.24) is 0 Å². The maximum absolute atomic E-state index is 12.0. The molecule has 0 heterocycles. The highest BCUT2D eigenvalue weighted by Crippen LogP contribution is 2.17. The van der Waals surface area contributed by atoms with Crippen LogP contribution < -0.4 is 0 Å². The largest absolute Gasteiger partial charge is 0.289 e. The molecule has 0 saturated heterocycles. The molecule has 0 saturated carbocycles. The molecule has 0 N–H and O–H groups in total. The summed E-state index contributed by atoms with van der Waals surface area (Å²) in [5, 5.41) is 21.2. The van der Waals surface area contributed by atoms with Crippen molar-refractivity contribution in [2.75, 3.05) is 0 Å². The smallest absolute Gasteiger partial charge is 0.270 e. The van der Waals surface area contributed by atoms with E-state index < -0.39 is 9.85 Å². The zero-order chi connectivity index (χ0) is 24.5. The molecule has 4 aromatic rings. The predicted molar refractivity (Wildman–Crippen MR) is 133 cm³/mol. The number of rotatable bonds is 6. The second-order valence-corrected chi connectivity index (χ2v) is 7.01. The second kappa shape index (κ2) is 12.3. The van der Waals surface area contributed by atoms with E-state index in [4.69, 9.17) is 0 Å². The number of hydrogen-bond acceptors (Lipinski definition) is 6. The third kappa shape index (κ3) is 7.00. The van der Waals surface area contributed by atoms with Crippen LogP contribution >= 0.6 is 0 Å². The topological polar surface area (TPSA) is 120 Å². The van der Waals surface area contributed by atoms with Gasteiger partial charge >= 0.3 is 0 Å². The van der Waals surface area contributed by atoms with Crippen molar-refractivity contribution in [2.45, 2.75) is 7.43 Å². The minimum absolute atomic E-state index is 0. The Kier molecular flexibility index (Phi) is 9.24. The third-order valence-corrected chi connectivity index (χ3v) is 4.71. The van der Waals surface area contributed by atoms with Crippen LogP contribution in [0.5, 0.6) is 0 Å². The number of nitro benzene ring substituents is 2. The molecule has 35 heavy (non-hydrogen) atoms. The Morgan fingerprint density at radius 2 is 0.800 bits per heavy atom. The van der Waals surface area contributed by atoms with Crippen molar-refractivity contribution < 1.29 is 19.4 Å². The van der Waals surface area contributed by atoms with Crippen LogP contribution in [0.3, 0.4) is 0 Å². The Morgan fingerprint density at radius 3 is 1.11 bits per heavy atom. The normalized spacial score (nSPS) is 9.60. The summed E-state index contributed by atoms with van der Waals surface area (Å²) in [7, 11) is 0. The lowest BCUT2D eigenvalue weighted by Gasteiger charge is -2.00. The summed E-state index contributed by atoms with van der Waals surface area (Å²) in [6, 6.07) is 28.8. The maximum atomic E-state index is 12.0. The first-order valence-electron chi connectivity index (χ1n) is 10.0. The molecule has 176 valence electrons. The third-order valence-electron chi connectivity index (χ3n) is 4.71. The number of carbonyl (C=O) groups excluding carboxylic acids is 2. The van der Waals surface area contributed by atoms with Gasteiger partial charge in [-0.2, -0.15) is 0 Å². The molecule has 0 aromatic heterocycles. The quantitative estimate of drug-likeness (QED) is 0.186. The SMILES string of the molecule is C.O=C(c1ccccc1)c1cccc([N+](=O)[O-])c1.O=C(c1ccccc1)c1cccc([N+](=O)[O-])c1. The summed E-state index contributed by atoms with van der Waals surface area (Å²) in [5.41, 5.74) is 1.54. The summed E-state index contributed by atoms with van der Waals surface area (Å²) in [5.74, 6) is -0.427. The minimum atomic E-state index is -0.512. The lowest BCUT2D eigenvalue weighted by Crippen LogP contribution is -2.01. The molecule has 0 atom stereocenters. The molecule has 4 aromatic carbocycles. The van der Waals surface area contributed by atoms with E-state index in [0.29, 0.717) is 22.3 Å². The summed E-state index contributed by atoms with van der Waals surface area (Å²) in [6.07, 6.45) is 0. The van der Waals surface area contributed by atoms with Gasteiger partial charge < -0.3 is 0 Å². The van der Waals surface area contributed by atoms with E-state index in [-0.39, 0.29) is 30.4 Å². The van der Waals surface area contributed by atoms with Gasteiger partial charge in [0.05, 0.1) is 9.85 Å². The van der Waals surface area contributed by atoms with Gasteiger partial charge in [-0.1, -0.05) is 92.4 Å². The van der Waals surface area contributed by atoms with Gasteiger partial charge in [0.15, 0.2) is 11.6 Å². The predicted octanol–water partition coefficient (Wildman–Crippen LogP) is 6.29. The Morgan fingerprint density at radius 1 is 0.486 bits per heavy atom. The molecule has 0 aliphatic rings. The fourth-order valence-electron chi connectivity index (χ4n) is 3.03. The Bertz CT molecular complexity index is 1230. The van der Waals surface area contributed by atoms with Crippen LogP contribution in [0.1, 0.15) is 39.3 Å². The van der Waals surface area contributed by atoms with Gasteiger partial charge in [-0.3, -0.25) is 29.8 Å². The van der Waals surface area contributed by atoms with E-state index in [1.807, 2.05) is 12.1 Å². The van der Waals surface area contributed by atoms with E-state index in [1.54, 1.807) is 60.7 Å². The fourth-order valence-corrected chi connectivity index (χ4v) is 3.03. The number of nitrogens with zero attached hydrogens (tertiary/aromatic N) is 2. The van der Waals surface area contributed by atoms with Crippen molar-refractivity contribution in [1.29, 1.82) is 0 Å². The van der Waals surface area contributed by atoms with Crippen LogP contribution in [0.2, 0.25) is 0 Å². The lowest BCUT2D eigenvalue weighted by atomic mass is 10.0. The van der Waals surface area contributed by atoms with Gasteiger partial charge in [-0.15, -0.1) is 0 Å². The van der Waals surface area contributed by atoms with Crippen molar-refractivity contribution >= 4 is 22.9 Å². The summed E-state index contributed by atoms with van der Waals surface area (Å²) >= 11 is 0. The van der Waals surface area contributed by atoms with E-state index in [0.717, 1.165) is 0 Å². The Labute approximate surface area is 201 Å². The molecule has 0 aliphatic heterocycles. The summed E-state index contributed by atoms with van der Waals surface area (Å²) in [6.45, 7) is 0. The van der Waals surface area contributed by atoms with Crippen molar-refractivity contribution in [3.05, 3.63) is 152 Å². The highest BCUT2D eigenvalue weighted by atomic mass is 16.6. The molecule has 8 heteroatoms. The molecular weight excluding hydrogens is 448 g/mol. The Hall–Kier alpha value is -4.98. The van der Waals surface area contributed by atoms with E-state index in [1.165, 1.54) is 36.4 Å². The summed E-state index contributed by atoms with van der Waals surface area (Å²) < 4.78 is 0. The van der Waals surface area contributed by atoms with Crippen LogP contribution in [-0.4, -0.2) is 21.4 Å². The molecule has 0 amide bonds. The number of carbonyl (C=O) groups is 2. The first-order valence-corrected chi connectivity index (χ1v) is 10.0. The molecule has 0 bridgehead atoms. The zero-order valence-electron chi connectivity index (χ0n) is 17.7. The van der Waals surface area contributed by atoms with E-state index in [2.05, 4.69) is 0 Å². The molecular formula is C27H22N2O6. The number of hydrogen-bond donors (Lipinski definition) is 0. The number of benzene rings is 4. The highest BCUT2D eigenvalue weighted by molar-refractivity contribution is 6.09. The lowest BCUT2D eigenvalue weighted by molar-refractivity contribution is -0.385. The standard InChI is InChI=1S/2C13H9NO3.CH4/c2*15-13(10-5-2-1-3-6-10)11-7-4-8-12(9-11)14(16)17;/h2*1-9H;1H4. The highest BCUT2D eigenvalue weighted by Gasteiger charge is 2.13. The van der Waals surface area contributed by atoms with Crippen molar-refractivity contribution in [2.24, 2.45) is 0 Å².